The molecule has 10 nitrogen and oxygen atoms in total. The van der Waals surface area contributed by atoms with Gasteiger partial charge in [0.25, 0.3) is 17.1 Å². The number of imide groups is 1. The maximum atomic E-state index is 12.8. The van der Waals surface area contributed by atoms with Crippen molar-refractivity contribution in [2.24, 2.45) is 0 Å². The van der Waals surface area contributed by atoms with Crippen molar-refractivity contribution in [3.8, 4) is 29.1 Å². The second-order valence-electron chi connectivity index (χ2n) is 7.04. The Balaban J connectivity index is 1.59. The number of amides is 3. The quantitative estimate of drug-likeness (QED) is 0.493. The van der Waals surface area contributed by atoms with E-state index in [-0.39, 0.29) is 24.6 Å². The molecule has 2 aromatic carbocycles. The van der Waals surface area contributed by atoms with Crippen LogP contribution in [0.25, 0.3) is 6.08 Å². The van der Waals surface area contributed by atoms with Crippen LogP contribution in [0, 0.1) is 11.3 Å². The zero-order valence-corrected chi connectivity index (χ0v) is 20.1. The van der Waals surface area contributed by atoms with Gasteiger partial charge in [0.1, 0.15) is 11.8 Å². The predicted molar refractivity (Wildman–Crippen MR) is 128 cm³/mol. The Hall–Kier alpha value is -4.17. The maximum Gasteiger partial charge on any atom is 0.293 e. The molecule has 0 spiro atoms. The van der Waals surface area contributed by atoms with E-state index in [2.05, 4.69) is 5.32 Å². The van der Waals surface area contributed by atoms with Crippen LogP contribution in [0.1, 0.15) is 11.1 Å². The molecule has 3 rings (SSSR count). The molecule has 0 aliphatic carbocycles. The Morgan fingerprint density at radius 2 is 1.77 bits per heavy atom. The highest BCUT2D eigenvalue weighted by molar-refractivity contribution is 8.18. The fourth-order valence-corrected chi connectivity index (χ4v) is 4.08. The SMILES string of the molecule is COc1cc(/C=C2/SC(=O)N(CCNC(=O)COc3ccccc3C#N)C2=O)cc(OC)c1OC. The van der Waals surface area contributed by atoms with Crippen molar-refractivity contribution in [2.45, 2.75) is 0 Å². The number of nitrogens with zero attached hydrogens (tertiary/aromatic N) is 2. The molecule has 2 aromatic rings. The third kappa shape index (κ3) is 6.04. The van der Waals surface area contributed by atoms with Gasteiger partial charge in [0.05, 0.1) is 31.8 Å². The van der Waals surface area contributed by atoms with Gasteiger partial charge in [-0.05, 0) is 47.7 Å². The van der Waals surface area contributed by atoms with E-state index in [4.69, 9.17) is 24.2 Å². The van der Waals surface area contributed by atoms with E-state index < -0.39 is 17.1 Å². The predicted octanol–water partition coefficient (Wildman–Crippen LogP) is 2.82. The molecule has 1 saturated heterocycles. The van der Waals surface area contributed by atoms with Gasteiger partial charge in [-0.25, -0.2) is 0 Å². The van der Waals surface area contributed by atoms with Crippen molar-refractivity contribution in [3.05, 3.63) is 52.4 Å². The van der Waals surface area contributed by atoms with Crippen LogP contribution in [0.2, 0.25) is 0 Å². The average molecular weight is 498 g/mol. The minimum Gasteiger partial charge on any atom is -0.493 e. The monoisotopic (exact) mass is 497 g/mol. The summed E-state index contributed by atoms with van der Waals surface area (Å²) in [5.74, 6) is 0.628. The van der Waals surface area contributed by atoms with Crippen molar-refractivity contribution in [1.29, 1.82) is 5.26 Å². The van der Waals surface area contributed by atoms with Crippen LogP contribution in [0.4, 0.5) is 4.79 Å². The summed E-state index contributed by atoms with van der Waals surface area (Å²) in [5.41, 5.74) is 0.908. The van der Waals surface area contributed by atoms with E-state index in [1.165, 1.54) is 21.3 Å². The number of hydrogen-bond acceptors (Lipinski definition) is 9. The van der Waals surface area contributed by atoms with Gasteiger partial charge in [0.2, 0.25) is 5.75 Å². The van der Waals surface area contributed by atoms with E-state index in [1.807, 2.05) is 6.07 Å². The van der Waals surface area contributed by atoms with Gasteiger partial charge in [-0.15, -0.1) is 0 Å². The van der Waals surface area contributed by atoms with E-state index in [1.54, 1.807) is 42.5 Å². The second kappa shape index (κ2) is 11.8. The molecule has 0 bridgehead atoms. The van der Waals surface area contributed by atoms with Crippen molar-refractivity contribution < 1.29 is 33.3 Å². The Labute approximate surface area is 206 Å². The topological polar surface area (TPSA) is 127 Å². The molecule has 35 heavy (non-hydrogen) atoms. The Morgan fingerprint density at radius 3 is 2.40 bits per heavy atom. The molecule has 11 heteroatoms. The molecule has 1 N–H and O–H groups in total. The van der Waals surface area contributed by atoms with Gasteiger partial charge >= 0.3 is 0 Å². The number of nitrogens with one attached hydrogen (secondary N) is 1. The smallest absolute Gasteiger partial charge is 0.293 e. The summed E-state index contributed by atoms with van der Waals surface area (Å²) in [7, 11) is 4.45. The summed E-state index contributed by atoms with van der Waals surface area (Å²) in [6, 6.07) is 11.9. The molecule has 0 saturated carbocycles. The molecule has 0 atom stereocenters. The van der Waals surface area contributed by atoms with E-state index in [0.29, 0.717) is 34.1 Å². The number of hydrogen-bond donors (Lipinski definition) is 1. The molecule has 1 aliphatic rings. The van der Waals surface area contributed by atoms with E-state index in [9.17, 15) is 14.4 Å². The molecule has 0 aromatic heterocycles. The van der Waals surface area contributed by atoms with Crippen LogP contribution >= 0.6 is 11.8 Å². The van der Waals surface area contributed by atoms with Gasteiger partial charge in [-0.2, -0.15) is 5.26 Å². The number of ether oxygens (including phenoxy) is 4. The fourth-order valence-electron chi connectivity index (χ4n) is 3.22. The van der Waals surface area contributed by atoms with Crippen LogP contribution in [-0.2, 0) is 9.59 Å². The summed E-state index contributed by atoms with van der Waals surface area (Å²) in [6.07, 6.45) is 1.56. The first-order chi connectivity index (χ1) is 16.9. The van der Waals surface area contributed by atoms with Crippen LogP contribution in [0.3, 0.4) is 0 Å². The van der Waals surface area contributed by atoms with Crippen LogP contribution in [0.5, 0.6) is 23.0 Å². The molecule has 3 amide bonds. The van der Waals surface area contributed by atoms with Gasteiger partial charge in [0.15, 0.2) is 18.1 Å². The first kappa shape index (κ1) is 25.5. The van der Waals surface area contributed by atoms with E-state index >= 15 is 0 Å². The first-order valence-electron chi connectivity index (χ1n) is 10.4. The number of carbonyl (C=O) groups is 3. The highest BCUT2D eigenvalue weighted by Gasteiger charge is 2.34. The molecule has 1 heterocycles. The number of benzene rings is 2. The summed E-state index contributed by atoms with van der Waals surface area (Å²) in [4.78, 5) is 38.5. The molecular formula is C24H23N3O7S. The number of rotatable bonds is 10. The van der Waals surface area contributed by atoms with Gasteiger partial charge in [-0.1, -0.05) is 12.1 Å². The third-order valence-corrected chi connectivity index (χ3v) is 5.79. The van der Waals surface area contributed by atoms with Crippen molar-refractivity contribution in [1.82, 2.24) is 10.2 Å². The summed E-state index contributed by atoms with van der Waals surface area (Å²) in [6.45, 7) is -0.253. The molecule has 1 fully saturated rings. The third-order valence-electron chi connectivity index (χ3n) is 4.88. The lowest BCUT2D eigenvalue weighted by Gasteiger charge is -2.14. The molecular weight excluding hydrogens is 474 g/mol. The zero-order chi connectivity index (χ0) is 25.4. The largest absolute Gasteiger partial charge is 0.493 e. The number of para-hydroxylation sites is 1. The summed E-state index contributed by atoms with van der Waals surface area (Å²) < 4.78 is 21.3. The fraction of sp³-hybridized carbons (Fsp3) is 0.250. The van der Waals surface area contributed by atoms with Crippen LogP contribution < -0.4 is 24.3 Å². The zero-order valence-electron chi connectivity index (χ0n) is 19.3. The standard InChI is InChI=1S/C24H23N3O7S/c1-31-18-10-15(11-19(32-2)22(18)33-3)12-20-23(29)27(24(30)35-20)9-8-26-21(28)14-34-17-7-5-4-6-16(17)13-25/h4-7,10-12H,8-9,14H2,1-3H3,(H,26,28)/b20-12+. The highest BCUT2D eigenvalue weighted by Crippen LogP contribution is 2.40. The number of methoxy groups -OCH3 is 3. The molecule has 0 unspecified atom stereocenters. The number of nitriles is 1. The van der Waals surface area contributed by atoms with E-state index in [0.717, 1.165) is 16.7 Å². The van der Waals surface area contributed by atoms with Crippen molar-refractivity contribution >= 4 is 34.9 Å². The Bertz CT molecular complexity index is 1180. The minimum atomic E-state index is -0.470. The first-order valence-corrected chi connectivity index (χ1v) is 11.2. The Kier molecular flexibility index (Phi) is 8.58. The van der Waals surface area contributed by atoms with Gasteiger partial charge < -0.3 is 24.3 Å². The average Bonchev–Trinajstić information content (AvgIpc) is 3.14. The summed E-state index contributed by atoms with van der Waals surface area (Å²) >= 11 is 0.802. The van der Waals surface area contributed by atoms with Gasteiger partial charge in [-0.3, -0.25) is 19.3 Å². The van der Waals surface area contributed by atoms with Crippen LogP contribution in [0.15, 0.2) is 41.3 Å². The number of carbonyl (C=O) groups excluding carboxylic acids is 3. The normalized spacial score (nSPS) is 14.0. The van der Waals surface area contributed by atoms with Gasteiger partial charge in [0, 0.05) is 13.1 Å². The van der Waals surface area contributed by atoms with Crippen molar-refractivity contribution in [3.63, 3.8) is 0 Å². The highest BCUT2D eigenvalue weighted by atomic mass is 32.2. The lowest BCUT2D eigenvalue weighted by molar-refractivity contribution is -0.125. The minimum absolute atomic E-state index is 0.00220. The maximum absolute atomic E-state index is 12.8. The summed E-state index contributed by atoms with van der Waals surface area (Å²) in [5, 5.41) is 11.2. The molecule has 1 aliphatic heterocycles. The lowest BCUT2D eigenvalue weighted by Crippen LogP contribution is -2.38. The molecule has 0 radical (unpaired) electrons. The Morgan fingerprint density at radius 1 is 1.09 bits per heavy atom. The lowest BCUT2D eigenvalue weighted by atomic mass is 10.1. The molecule has 182 valence electrons. The van der Waals surface area contributed by atoms with Crippen molar-refractivity contribution in [2.75, 3.05) is 41.0 Å². The van der Waals surface area contributed by atoms with Crippen LogP contribution in [-0.4, -0.2) is 63.0 Å². The number of thioether (sulfide) groups is 1. The second-order valence-corrected chi connectivity index (χ2v) is 8.03.